The predicted octanol–water partition coefficient (Wildman–Crippen LogP) is 1.08. The number of nitrogens with zero attached hydrogens (tertiary/aromatic N) is 4. The van der Waals surface area contributed by atoms with Gasteiger partial charge in [0.1, 0.15) is 17.6 Å². The van der Waals surface area contributed by atoms with Crippen LogP contribution in [0.5, 0.6) is 0 Å². The third kappa shape index (κ3) is 3.06. The number of H-pyrrole nitrogens is 1. The molecular formula is C15H16N6O. The average Bonchev–Trinajstić information content (AvgIpc) is 3.05. The Morgan fingerprint density at radius 2 is 2.41 bits per heavy atom. The van der Waals surface area contributed by atoms with Gasteiger partial charge < -0.3 is 15.2 Å². The third-order valence-electron chi connectivity index (χ3n) is 3.69. The van der Waals surface area contributed by atoms with Gasteiger partial charge in [0.25, 0.3) is 5.91 Å². The second-order valence-corrected chi connectivity index (χ2v) is 5.24. The Morgan fingerprint density at radius 1 is 1.50 bits per heavy atom. The molecule has 7 heteroatoms. The van der Waals surface area contributed by atoms with Gasteiger partial charge in [-0.3, -0.25) is 9.78 Å². The SMILES string of the molecule is N#Cc1c[nH]c(C(=O)N[C@H]2CCCN(c3cnccn3)C2)c1. The second-order valence-electron chi connectivity index (χ2n) is 5.24. The fourth-order valence-corrected chi connectivity index (χ4v) is 2.61. The van der Waals surface area contributed by atoms with E-state index < -0.39 is 0 Å². The van der Waals surface area contributed by atoms with Crippen LogP contribution >= 0.6 is 0 Å². The minimum Gasteiger partial charge on any atom is -0.356 e. The first-order chi connectivity index (χ1) is 10.8. The summed E-state index contributed by atoms with van der Waals surface area (Å²) in [5.41, 5.74) is 0.864. The van der Waals surface area contributed by atoms with Gasteiger partial charge in [0, 0.05) is 37.7 Å². The summed E-state index contributed by atoms with van der Waals surface area (Å²) in [7, 11) is 0. The lowest BCUT2D eigenvalue weighted by atomic mass is 10.1. The first-order valence-electron chi connectivity index (χ1n) is 7.16. The smallest absolute Gasteiger partial charge is 0.268 e. The van der Waals surface area contributed by atoms with Gasteiger partial charge in [0.05, 0.1) is 11.8 Å². The minimum absolute atomic E-state index is 0.0529. The molecular weight excluding hydrogens is 280 g/mol. The largest absolute Gasteiger partial charge is 0.356 e. The molecule has 1 aliphatic rings. The summed E-state index contributed by atoms with van der Waals surface area (Å²) in [6, 6.07) is 3.61. The van der Waals surface area contributed by atoms with Gasteiger partial charge in [0.15, 0.2) is 0 Å². The molecule has 0 aromatic carbocycles. The lowest BCUT2D eigenvalue weighted by molar-refractivity contribution is 0.0928. The molecule has 112 valence electrons. The third-order valence-corrected chi connectivity index (χ3v) is 3.69. The van der Waals surface area contributed by atoms with Gasteiger partial charge in [-0.1, -0.05) is 0 Å². The van der Waals surface area contributed by atoms with E-state index in [1.54, 1.807) is 24.7 Å². The van der Waals surface area contributed by atoms with Crippen LogP contribution < -0.4 is 10.2 Å². The van der Waals surface area contributed by atoms with Crippen molar-refractivity contribution in [3.63, 3.8) is 0 Å². The Bertz CT molecular complexity index is 690. The molecule has 2 aromatic heterocycles. The topological polar surface area (TPSA) is 97.7 Å². The molecule has 1 amide bonds. The number of anilines is 1. The highest BCUT2D eigenvalue weighted by Gasteiger charge is 2.23. The summed E-state index contributed by atoms with van der Waals surface area (Å²) in [6.07, 6.45) is 8.48. The first kappa shape index (κ1) is 14.1. The number of aromatic amines is 1. The molecule has 3 heterocycles. The second kappa shape index (κ2) is 6.26. The van der Waals surface area contributed by atoms with Crippen molar-refractivity contribution in [2.75, 3.05) is 18.0 Å². The molecule has 1 saturated heterocycles. The molecule has 1 fully saturated rings. The Hall–Kier alpha value is -2.88. The van der Waals surface area contributed by atoms with E-state index in [1.165, 1.54) is 6.20 Å². The fourth-order valence-electron chi connectivity index (χ4n) is 2.61. The molecule has 22 heavy (non-hydrogen) atoms. The maximum absolute atomic E-state index is 12.2. The Balaban J connectivity index is 1.63. The number of rotatable bonds is 3. The zero-order valence-electron chi connectivity index (χ0n) is 12.0. The van der Waals surface area contributed by atoms with Crippen molar-refractivity contribution in [1.29, 1.82) is 5.26 Å². The highest BCUT2D eigenvalue weighted by Crippen LogP contribution is 2.16. The fraction of sp³-hybridized carbons (Fsp3) is 0.333. The monoisotopic (exact) mass is 296 g/mol. The van der Waals surface area contributed by atoms with Crippen LogP contribution in [0.15, 0.2) is 30.9 Å². The van der Waals surface area contributed by atoms with E-state index in [9.17, 15) is 4.79 Å². The van der Waals surface area contributed by atoms with Crippen LogP contribution in [0.25, 0.3) is 0 Å². The summed E-state index contributed by atoms with van der Waals surface area (Å²) < 4.78 is 0. The summed E-state index contributed by atoms with van der Waals surface area (Å²) in [4.78, 5) is 25.5. The quantitative estimate of drug-likeness (QED) is 0.883. The van der Waals surface area contributed by atoms with Crippen molar-refractivity contribution in [2.45, 2.75) is 18.9 Å². The van der Waals surface area contributed by atoms with E-state index in [0.717, 1.165) is 25.2 Å². The number of nitrogens with one attached hydrogen (secondary N) is 2. The van der Waals surface area contributed by atoms with Gasteiger partial charge >= 0.3 is 0 Å². The molecule has 1 atom stereocenters. The van der Waals surface area contributed by atoms with Crippen LogP contribution in [0.3, 0.4) is 0 Å². The van der Waals surface area contributed by atoms with E-state index in [1.807, 2.05) is 6.07 Å². The number of hydrogen-bond donors (Lipinski definition) is 2. The molecule has 3 rings (SSSR count). The summed E-state index contributed by atoms with van der Waals surface area (Å²) in [5, 5.41) is 11.8. The zero-order valence-corrected chi connectivity index (χ0v) is 12.0. The standard InChI is InChI=1S/C15H16N6O/c16-7-11-6-13(19-8-11)15(22)20-12-2-1-5-21(10-12)14-9-17-3-4-18-14/h3-4,6,8-9,12,19H,1-2,5,10H2,(H,20,22)/t12-/m0/s1. The molecule has 0 saturated carbocycles. The van der Waals surface area contributed by atoms with Gasteiger partial charge in [-0.25, -0.2) is 4.98 Å². The van der Waals surface area contributed by atoms with Gasteiger partial charge in [-0.15, -0.1) is 0 Å². The van der Waals surface area contributed by atoms with E-state index >= 15 is 0 Å². The van der Waals surface area contributed by atoms with Crippen molar-refractivity contribution in [3.8, 4) is 6.07 Å². The van der Waals surface area contributed by atoms with Gasteiger partial charge in [-0.05, 0) is 18.9 Å². The van der Waals surface area contributed by atoms with Crippen molar-refractivity contribution in [3.05, 3.63) is 42.1 Å². The number of carbonyl (C=O) groups is 1. The van der Waals surface area contributed by atoms with Crippen LogP contribution in [0.4, 0.5) is 5.82 Å². The molecule has 0 aliphatic carbocycles. The number of amides is 1. The highest BCUT2D eigenvalue weighted by molar-refractivity contribution is 5.93. The van der Waals surface area contributed by atoms with Gasteiger partial charge in [-0.2, -0.15) is 5.26 Å². The van der Waals surface area contributed by atoms with E-state index in [0.29, 0.717) is 17.8 Å². The van der Waals surface area contributed by atoms with Crippen molar-refractivity contribution >= 4 is 11.7 Å². The van der Waals surface area contributed by atoms with Crippen molar-refractivity contribution in [2.24, 2.45) is 0 Å². The molecule has 2 N–H and O–H groups in total. The molecule has 2 aromatic rings. The number of aromatic nitrogens is 3. The molecule has 1 aliphatic heterocycles. The zero-order chi connectivity index (χ0) is 15.4. The van der Waals surface area contributed by atoms with Crippen molar-refractivity contribution in [1.82, 2.24) is 20.3 Å². The number of piperidine rings is 1. The summed E-state index contributed by atoms with van der Waals surface area (Å²) in [6.45, 7) is 1.61. The van der Waals surface area contributed by atoms with Crippen LogP contribution in [-0.2, 0) is 0 Å². The molecule has 0 unspecified atom stereocenters. The Morgan fingerprint density at radius 3 is 3.14 bits per heavy atom. The first-order valence-corrected chi connectivity index (χ1v) is 7.16. The van der Waals surface area contributed by atoms with Crippen LogP contribution in [-0.4, -0.2) is 40.0 Å². The number of hydrogen-bond acceptors (Lipinski definition) is 5. The normalized spacial score (nSPS) is 17.8. The van der Waals surface area contributed by atoms with Crippen LogP contribution in [0.2, 0.25) is 0 Å². The number of carbonyl (C=O) groups excluding carboxylic acids is 1. The lowest BCUT2D eigenvalue weighted by Gasteiger charge is -2.33. The average molecular weight is 296 g/mol. The van der Waals surface area contributed by atoms with E-state index in [4.69, 9.17) is 5.26 Å². The van der Waals surface area contributed by atoms with Crippen LogP contribution in [0.1, 0.15) is 28.9 Å². The summed E-state index contributed by atoms with van der Waals surface area (Å²) in [5.74, 6) is 0.639. The maximum atomic E-state index is 12.2. The predicted molar refractivity (Wildman–Crippen MR) is 80.2 cm³/mol. The van der Waals surface area contributed by atoms with Gasteiger partial charge in [0.2, 0.25) is 0 Å². The molecule has 0 bridgehead atoms. The Kier molecular flexibility index (Phi) is 4.01. The van der Waals surface area contributed by atoms with Crippen LogP contribution in [0, 0.1) is 11.3 Å². The maximum Gasteiger partial charge on any atom is 0.268 e. The van der Waals surface area contributed by atoms with E-state index in [-0.39, 0.29) is 11.9 Å². The summed E-state index contributed by atoms with van der Waals surface area (Å²) >= 11 is 0. The lowest BCUT2D eigenvalue weighted by Crippen LogP contribution is -2.48. The molecule has 0 spiro atoms. The van der Waals surface area contributed by atoms with Crippen molar-refractivity contribution < 1.29 is 4.79 Å². The number of nitriles is 1. The molecule has 7 nitrogen and oxygen atoms in total. The highest BCUT2D eigenvalue weighted by atomic mass is 16.1. The Labute approximate surface area is 128 Å². The van der Waals surface area contributed by atoms with E-state index in [2.05, 4.69) is 25.2 Å². The minimum atomic E-state index is -0.188. The molecule has 0 radical (unpaired) electrons.